The maximum absolute atomic E-state index is 6.25. The topological polar surface area (TPSA) is 48.5 Å². The molecule has 1 aliphatic rings. The number of fused-ring (bicyclic) bond motifs is 1. The molecule has 0 aliphatic carbocycles. The highest BCUT2D eigenvalue weighted by Gasteiger charge is 2.07. The smallest absolute Gasteiger partial charge is 0.101 e. The number of benzene rings is 2. The van der Waals surface area contributed by atoms with Crippen LogP contribution in [0.25, 0.3) is 0 Å². The maximum atomic E-state index is 6.25. The van der Waals surface area contributed by atoms with Gasteiger partial charge in [0.05, 0.1) is 11.4 Å². The van der Waals surface area contributed by atoms with Gasteiger partial charge in [0, 0.05) is 24.5 Å². The van der Waals surface area contributed by atoms with E-state index in [9.17, 15) is 0 Å². The number of aryl methyl sites for hydroxylation is 1. The Kier molecular flexibility index (Phi) is 8.00. The summed E-state index contributed by atoms with van der Waals surface area (Å²) in [5.41, 5.74) is 3.45. The molecule has 27 heavy (non-hydrogen) atoms. The van der Waals surface area contributed by atoms with Crippen LogP contribution in [0.15, 0.2) is 53.5 Å². The van der Waals surface area contributed by atoms with Crippen LogP contribution in [0, 0.1) is 0 Å². The molecule has 0 spiro atoms. The minimum atomic E-state index is 0.802. The van der Waals surface area contributed by atoms with Gasteiger partial charge in [0.1, 0.15) is 5.84 Å². The molecule has 2 aromatic carbocycles. The van der Waals surface area contributed by atoms with Gasteiger partial charge in [0.25, 0.3) is 0 Å². The second kappa shape index (κ2) is 11.0. The van der Waals surface area contributed by atoms with Gasteiger partial charge in [0.2, 0.25) is 0 Å². The zero-order valence-electron chi connectivity index (χ0n) is 15.8. The first kappa shape index (κ1) is 19.7. The van der Waals surface area contributed by atoms with Crippen molar-refractivity contribution in [3.05, 3.63) is 59.1 Å². The zero-order valence-corrected chi connectivity index (χ0v) is 16.6. The third kappa shape index (κ3) is 6.56. The van der Waals surface area contributed by atoms with Crippen LogP contribution in [0.4, 0.5) is 11.4 Å². The lowest BCUT2D eigenvalue weighted by Gasteiger charge is -2.17. The Morgan fingerprint density at radius 1 is 0.889 bits per heavy atom. The van der Waals surface area contributed by atoms with E-state index in [1.165, 1.54) is 5.56 Å². The third-order valence-corrected chi connectivity index (χ3v) is 5.05. The Morgan fingerprint density at radius 3 is 2.56 bits per heavy atom. The molecule has 0 saturated heterocycles. The second-order valence-corrected chi connectivity index (χ2v) is 7.24. The molecule has 0 atom stereocenters. The van der Waals surface area contributed by atoms with Crippen molar-refractivity contribution in [2.24, 2.45) is 4.99 Å². The van der Waals surface area contributed by atoms with Crippen molar-refractivity contribution < 1.29 is 0 Å². The number of hydrogen-bond acceptors (Lipinski definition) is 3. The Balaban J connectivity index is 1.63. The van der Waals surface area contributed by atoms with Gasteiger partial charge in [-0.05, 0) is 62.5 Å². The van der Waals surface area contributed by atoms with Gasteiger partial charge in [0.15, 0.2) is 0 Å². The molecule has 0 bridgehead atoms. The molecule has 0 saturated carbocycles. The molecule has 1 aliphatic heterocycles. The van der Waals surface area contributed by atoms with Crippen LogP contribution in [-0.2, 0) is 6.42 Å². The maximum Gasteiger partial charge on any atom is 0.101 e. The number of rotatable bonds is 4. The molecule has 0 amide bonds. The fourth-order valence-electron chi connectivity index (χ4n) is 3.21. The molecule has 144 valence electrons. The van der Waals surface area contributed by atoms with E-state index in [0.717, 1.165) is 80.5 Å². The first-order valence-corrected chi connectivity index (χ1v) is 10.3. The number of nitrogens with one attached hydrogen (secondary N) is 3. The number of para-hydroxylation sites is 2. The van der Waals surface area contributed by atoms with Crippen LogP contribution in [0.2, 0.25) is 5.02 Å². The molecule has 0 unspecified atom stereocenters. The SMILES string of the molecule is Clc1ccccc1CCCN=C1CCCNCCCNc2ccccc2N1. The van der Waals surface area contributed by atoms with E-state index >= 15 is 0 Å². The highest BCUT2D eigenvalue weighted by Crippen LogP contribution is 2.22. The summed E-state index contributed by atoms with van der Waals surface area (Å²) >= 11 is 6.25. The van der Waals surface area contributed by atoms with E-state index in [0.29, 0.717) is 0 Å². The predicted octanol–water partition coefficient (Wildman–Crippen LogP) is 4.97. The first-order chi connectivity index (χ1) is 13.3. The molecule has 0 radical (unpaired) electrons. The molecule has 1 heterocycles. The monoisotopic (exact) mass is 384 g/mol. The van der Waals surface area contributed by atoms with Crippen LogP contribution in [0.3, 0.4) is 0 Å². The van der Waals surface area contributed by atoms with E-state index < -0.39 is 0 Å². The van der Waals surface area contributed by atoms with Gasteiger partial charge in [-0.3, -0.25) is 4.99 Å². The molecule has 0 fully saturated rings. The summed E-state index contributed by atoms with van der Waals surface area (Å²) in [6.07, 6.45) is 5.11. The summed E-state index contributed by atoms with van der Waals surface area (Å²) in [6, 6.07) is 16.4. The molecular weight excluding hydrogens is 356 g/mol. The summed E-state index contributed by atoms with van der Waals surface area (Å²) in [5, 5.41) is 11.4. The average Bonchev–Trinajstić information content (AvgIpc) is 2.68. The van der Waals surface area contributed by atoms with Crippen molar-refractivity contribution in [3.8, 4) is 0 Å². The van der Waals surface area contributed by atoms with Crippen molar-refractivity contribution in [2.75, 3.05) is 36.8 Å². The first-order valence-electron chi connectivity index (χ1n) is 9.90. The van der Waals surface area contributed by atoms with Crippen LogP contribution < -0.4 is 16.0 Å². The Labute approximate surface area is 167 Å². The lowest BCUT2D eigenvalue weighted by Crippen LogP contribution is -2.23. The third-order valence-electron chi connectivity index (χ3n) is 4.68. The molecule has 5 heteroatoms. The van der Waals surface area contributed by atoms with Gasteiger partial charge < -0.3 is 16.0 Å². The number of hydrogen-bond donors (Lipinski definition) is 3. The van der Waals surface area contributed by atoms with Crippen molar-refractivity contribution in [3.63, 3.8) is 0 Å². The standard InChI is InChI=1S/C22H29ClN4/c23-19-10-2-1-8-18(19)9-5-16-26-22-13-6-14-24-15-7-17-25-20-11-3-4-12-21(20)27-22/h1-4,8,10-12,24-25H,5-7,9,13-17H2,(H,26,27). The van der Waals surface area contributed by atoms with E-state index in [1.54, 1.807) is 0 Å². The van der Waals surface area contributed by atoms with Crippen LogP contribution in [0.1, 0.15) is 31.2 Å². The predicted molar refractivity (Wildman–Crippen MR) is 117 cm³/mol. The largest absolute Gasteiger partial charge is 0.383 e. The Bertz CT molecular complexity index is 745. The molecule has 2 aromatic rings. The molecule has 0 aromatic heterocycles. The van der Waals surface area contributed by atoms with Gasteiger partial charge >= 0.3 is 0 Å². The summed E-state index contributed by atoms with van der Waals surface area (Å²) in [7, 11) is 0. The number of halogens is 1. The van der Waals surface area contributed by atoms with Crippen molar-refractivity contribution in [2.45, 2.75) is 32.1 Å². The molecule has 3 N–H and O–H groups in total. The minimum Gasteiger partial charge on any atom is -0.383 e. The van der Waals surface area contributed by atoms with Gasteiger partial charge in [-0.2, -0.15) is 0 Å². The summed E-state index contributed by atoms with van der Waals surface area (Å²) < 4.78 is 0. The number of aliphatic imine (C=N–C) groups is 1. The highest BCUT2D eigenvalue weighted by atomic mass is 35.5. The van der Waals surface area contributed by atoms with Crippen LogP contribution >= 0.6 is 11.6 Å². The quantitative estimate of drug-likeness (QED) is 0.652. The second-order valence-electron chi connectivity index (χ2n) is 6.83. The van der Waals surface area contributed by atoms with Crippen LogP contribution in [-0.4, -0.2) is 32.0 Å². The van der Waals surface area contributed by atoms with Gasteiger partial charge in [-0.15, -0.1) is 0 Å². The minimum absolute atomic E-state index is 0.802. The van der Waals surface area contributed by atoms with E-state index in [1.807, 2.05) is 18.2 Å². The van der Waals surface area contributed by atoms with Crippen molar-refractivity contribution >= 4 is 28.8 Å². The normalized spacial score (nSPS) is 17.1. The van der Waals surface area contributed by atoms with Crippen molar-refractivity contribution in [1.82, 2.24) is 5.32 Å². The van der Waals surface area contributed by atoms with E-state index in [-0.39, 0.29) is 0 Å². The van der Waals surface area contributed by atoms with Crippen molar-refractivity contribution in [1.29, 1.82) is 0 Å². The zero-order chi connectivity index (χ0) is 18.7. The number of anilines is 2. The molecular formula is C22H29ClN4. The van der Waals surface area contributed by atoms with Gasteiger partial charge in [-0.25, -0.2) is 0 Å². The van der Waals surface area contributed by atoms with E-state index in [2.05, 4.69) is 46.3 Å². The van der Waals surface area contributed by atoms with Crippen LogP contribution in [0.5, 0.6) is 0 Å². The number of amidine groups is 1. The summed E-state index contributed by atoms with van der Waals surface area (Å²) in [6.45, 7) is 3.85. The fraction of sp³-hybridized carbons (Fsp3) is 0.409. The highest BCUT2D eigenvalue weighted by molar-refractivity contribution is 6.31. The fourth-order valence-corrected chi connectivity index (χ4v) is 3.44. The van der Waals surface area contributed by atoms with Gasteiger partial charge in [-0.1, -0.05) is 41.9 Å². The lowest BCUT2D eigenvalue weighted by molar-refractivity contribution is 0.640. The average molecular weight is 385 g/mol. The Morgan fingerprint density at radius 2 is 1.67 bits per heavy atom. The Hall–Kier alpha value is -2.04. The van der Waals surface area contributed by atoms with E-state index in [4.69, 9.17) is 16.6 Å². The summed E-state index contributed by atoms with van der Waals surface area (Å²) in [4.78, 5) is 4.86. The lowest BCUT2D eigenvalue weighted by atomic mass is 10.1. The molecule has 4 nitrogen and oxygen atoms in total. The molecule has 3 rings (SSSR count). The number of nitrogens with zero attached hydrogens (tertiary/aromatic N) is 1. The summed E-state index contributed by atoms with van der Waals surface area (Å²) in [5.74, 6) is 1.06.